The van der Waals surface area contributed by atoms with E-state index in [1.165, 1.54) is 16.8 Å². The minimum absolute atomic E-state index is 0.259. The fourth-order valence-corrected chi connectivity index (χ4v) is 2.64. The Morgan fingerprint density at radius 1 is 1.03 bits per heavy atom. The molecule has 0 saturated carbocycles. The standard InChI is InChI=1S/C21H28N2O2.C2H4O2/c1-4-23(14-13-22-20-12-8-9-17(2)18(20)3)15-16-25-21(24)19-10-6-5-7-11-19;1-2(3)4/h5-12,22H,4,13-16H2,1-3H3;1H3,(H,3,4). The van der Waals surface area contributed by atoms with Crippen LogP contribution in [0.3, 0.4) is 0 Å². The van der Waals surface area contributed by atoms with Gasteiger partial charge in [0, 0.05) is 32.2 Å². The lowest BCUT2D eigenvalue weighted by Gasteiger charge is -2.21. The van der Waals surface area contributed by atoms with Gasteiger partial charge in [-0.3, -0.25) is 9.69 Å². The van der Waals surface area contributed by atoms with Crippen molar-refractivity contribution in [2.75, 3.05) is 38.1 Å². The topological polar surface area (TPSA) is 78.9 Å². The van der Waals surface area contributed by atoms with Crippen molar-refractivity contribution in [3.63, 3.8) is 0 Å². The van der Waals surface area contributed by atoms with Crippen LogP contribution < -0.4 is 5.32 Å². The van der Waals surface area contributed by atoms with Gasteiger partial charge >= 0.3 is 5.97 Å². The van der Waals surface area contributed by atoms with Gasteiger partial charge in [0.1, 0.15) is 6.61 Å². The van der Waals surface area contributed by atoms with Crippen molar-refractivity contribution in [3.8, 4) is 0 Å². The van der Waals surface area contributed by atoms with Crippen LogP contribution in [0.15, 0.2) is 48.5 Å². The van der Waals surface area contributed by atoms with Crippen LogP contribution in [0, 0.1) is 13.8 Å². The number of nitrogens with one attached hydrogen (secondary N) is 1. The highest BCUT2D eigenvalue weighted by atomic mass is 16.5. The van der Waals surface area contributed by atoms with Crippen molar-refractivity contribution in [1.82, 2.24) is 4.90 Å². The summed E-state index contributed by atoms with van der Waals surface area (Å²) in [5.74, 6) is -1.09. The van der Waals surface area contributed by atoms with E-state index in [1.807, 2.05) is 18.2 Å². The average Bonchev–Trinajstić information content (AvgIpc) is 2.70. The van der Waals surface area contributed by atoms with Gasteiger partial charge in [-0.15, -0.1) is 0 Å². The molecule has 0 aliphatic rings. The number of anilines is 1. The molecule has 0 atom stereocenters. The summed E-state index contributed by atoms with van der Waals surface area (Å²) in [5.41, 5.74) is 4.38. The van der Waals surface area contributed by atoms with Gasteiger partial charge in [0.2, 0.25) is 0 Å². The summed E-state index contributed by atoms with van der Waals surface area (Å²) >= 11 is 0. The molecule has 2 aromatic carbocycles. The third kappa shape index (κ3) is 9.76. The molecule has 6 heteroatoms. The van der Waals surface area contributed by atoms with E-state index in [9.17, 15) is 4.79 Å². The Labute approximate surface area is 173 Å². The smallest absolute Gasteiger partial charge is 0.338 e. The second kappa shape index (κ2) is 13.3. The molecule has 6 nitrogen and oxygen atoms in total. The van der Waals surface area contributed by atoms with Crippen LogP contribution in [-0.2, 0) is 9.53 Å². The monoisotopic (exact) mass is 400 g/mol. The molecule has 0 saturated heterocycles. The first-order valence-corrected chi connectivity index (χ1v) is 9.79. The molecule has 0 unspecified atom stereocenters. The summed E-state index contributed by atoms with van der Waals surface area (Å²) in [6.07, 6.45) is 0. The predicted octanol–water partition coefficient (Wildman–Crippen LogP) is 3.99. The fourth-order valence-electron chi connectivity index (χ4n) is 2.64. The number of likely N-dealkylation sites (N-methyl/N-ethyl adjacent to an activating group) is 1. The Morgan fingerprint density at radius 3 is 2.31 bits per heavy atom. The largest absolute Gasteiger partial charge is 0.481 e. The molecule has 2 aromatic rings. The molecular weight excluding hydrogens is 368 g/mol. The maximum atomic E-state index is 11.9. The zero-order valence-electron chi connectivity index (χ0n) is 17.8. The summed E-state index contributed by atoms with van der Waals surface area (Å²) in [5, 5.41) is 10.9. The highest BCUT2D eigenvalue weighted by Gasteiger charge is 2.08. The first kappa shape index (κ1) is 24.2. The Bertz CT molecular complexity index is 759. The number of ether oxygens (including phenoxy) is 1. The lowest BCUT2D eigenvalue weighted by molar-refractivity contribution is -0.134. The first-order chi connectivity index (χ1) is 13.8. The van der Waals surface area contributed by atoms with E-state index in [0.29, 0.717) is 12.2 Å². The van der Waals surface area contributed by atoms with Gasteiger partial charge in [-0.05, 0) is 49.7 Å². The second-order valence-electron chi connectivity index (χ2n) is 6.63. The number of carboxylic acids is 1. The number of carboxylic acid groups (broad SMARTS) is 1. The van der Waals surface area contributed by atoms with Crippen LogP contribution in [0.4, 0.5) is 5.69 Å². The van der Waals surface area contributed by atoms with Crippen LogP contribution in [0.25, 0.3) is 0 Å². The Hall–Kier alpha value is -2.86. The Kier molecular flexibility index (Phi) is 11.1. The Morgan fingerprint density at radius 2 is 1.69 bits per heavy atom. The molecular formula is C23H32N2O4. The summed E-state index contributed by atoms with van der Waals surface area (Å²) in [4.78, 5) is 23.2. The van der Waals surface area contributed by atoms with E-state index >= 15 is 0 Å². The number of aryl methyl sites for hydroxylation is 1. The number of carbonyl (C=O) groups is 2. The molecule has 0 aliphatic carbocycles. The molecule has 2 rings (SSSR count). The van der Waals surface area contributed by atoms with Crippen LogP contribution in [-0.4, -0.2) is 54.7 Å². The van der Waals surface area contributed by atoms with Crippen molar-refractivity contribution in [1.29, 1.82) is 0 Å². The van der Waals surface area contributed by atoms with E-state index in [-0.39, 0.29) is 5.97 Å². The highest BCUT2D eigenvalue weighted by Crippen LogP contribution is 2.17. The number of nitrogens with zero attached hydrogens (tertiary/aromatic N) is 1. The van der Waals surface area contributed by atoms with Gasteiger partial charge < -0.3 is 15.2 Å². The zero-order chi connectivity index (χ0) is 21.6. The SMILES string of the molecule is CC(=O)O.CCN(CCNc1cccc(C)c1C)CCOC(=O)c1ccccc1. The van der Waals surface area contributed by atoms with Gasteiger partial charge in [0.05, 0.1) is 5.56 Å². The van der Waals surface area contributed by atoms with E-state index < -0.39 is 5.97 Å². The normalized spacial score (nSPS) is 10.1. The van der Waals surface area contributed by atoms with Crippen molar-refractivity contribution in [2.45, 2.75) is 27.7 Å². The molecule has 0 heterocycles. The highest BCUT2D eigenvalue weighted by molar-refractivity contribution is 5.89. The molecule has 0 aliphatic heterocycles. The van der Waals surface area contributed by atoms with Gasteiger partial charge in [-0.25, -0.2) is 4.79 Å². The first-order valence-electron chi connectivity index (χ1n) is 9.79. The molecule has 0 amide bonds. The molecule has 29 heavy (non-hydrogen) atoms. The van der Waals surface area contributed by atoms with Gasteiger partial charge in [-0.1, -0.05) is 37.3 Å². The van der Waals surface area contributed by atoms with Gasteiger partial charge in [0.15, 0.2) is 0 Å². The van der Waals surface area contributed by atoms with Crippen molar-refractivity contribution < 1.29 is 19.4 Å². The number of carbonyl (C=O) groups excluding carboxylic acids is 1. The molecule has 0 fully saturated rings. The van der Waals surface area contributed by atoms with E-state index in [0.717, 1.165) is 33.1 Å². The van der Waals surface area contributed by atoms with Crippen LogP contribution in [0.1, 0.15) is 35.3 Å². The average molecular weight is 401 g/mol. The third-order valence-corrected chi connectivity index (χ3v) is 4.45. The fraction of sp³-hybridized carbons (Fsp3) is 0.391. The van der Waals surface area contributed by atoms with Crippen LogP contribution >= 0.6 is 0 Å². The van der Waals surface area contributed by atoms with Crippen molar-refractivity contribution in [2.24, 2.45) is 0 Å². The number of aliphatic carboxylic acids is 1. The second-order valence-corrected chi connectivity index (χ2v) is 6.63. The molecule has 158 valence electrons. The number of benzene rings is 2. The number of hydrogen-bond donors (Lipinski definition) is 2. The molecule has 0 aromatic heterocycles. The minimum Gasteiger partial charge on any atom is -0.481 e. The van der Waals surface area contributed by atoms with Gasteiger partial charge in [-0.2, -0.15) is 0 Å². The number of esters is 1. The number of hydrogen-bond acceptors (Lipinski definition) is 5. The van der Waals surface area contributed by atoms with Gasteiger partial charge in [0.25, 0.3) is 5.97 Å². The zero-order valence-corrected chi connectivity index (χ0v) is 17.8. The molecule has 0 spiro atoms. The maximum Gasteiger partial charge on any atom is 0.338 e. The summed E-state index contributed by atoms with van der Waals surface area (Å²) in [7, 11) is 0. The lowest BCUT2D eigenvalue weighted by Crippen LogP contribution is -2.32. The third-order valence-electron chi connectivity index (χ3n) is 4.45. The van der Waals surface area contributed by atoms with E-state index in [4.69, 9.17) is 14.6 Å². The van der Waals surface area contributed by atoms with Crippen molar-refractivity contribution in [3.05, 3.63) is 65.2 Å². The minimum atomic E-state index is -0.833. The number of rotatable bonds is 9. The van der Waals surface area contributed by atoms with E-state index in [2.05, 4.69) is 49.2 Å². The molecule has 2 N–H and O–H groups in total. The maximum absolute atomic E-state index is 11.9. The summed E-state index contributed by atoms with van der Waals surface area (Å²) < 4.78 is 5.36. The lowest BCUT2D eigenvalue weighted by atomic mass is 10.1. The van der Waals surface area contributed by atoms with Crippen molar-refractivity contribution >= 4 is 17.6 Å². The predicted molar refractivity (Wildman–Crippen MR) is 117 cm³/mol. The summed E-state index contributed by atoms with van der Waals surface area (Å²) in [6, 6.07) is 15.4. The quantitative estimate of drug-likeness (QED) is 0.620. The summed E-state index contributed by atoms with van der Waals surface area (Å²) in [6.45, 7) is 11.3. The van der Waals surface area contributed by atoms with Crippen LogP contribution in [0.2, 0.25) is 0 Å². The Balaban J connectivity index is 0.000000960. The van der Waals surface area contributed by atoms with E-state index in [1.54, 1.807) is 12.1 Å². The van der Waals surface area contributed by atoms with Crippen LogP contribution in [0.5, 0.6) is 0 Å². The molecule has 0 bridgehead atoms. The molecule has 0 radical (unpaired) electrons.